The molecule has 3 aromatic rings. The minimum absolute atomic E-state index is 0.197. The summed E-state index contributed by atoms with van der Waals surface area (Å²) < 4.78 is 15.5. The van der Waals surface area contributed by atoms with Crippen molar-refractivity contribution >= 4 is 37.7 Å². The predicted molar refractivity (Wildman–Crippen MR) is 72.2 cm³/mol. The van der Waals surface area contributed by atoms with E-state index in [0.717, 1.165) is 5.39 Å². The predicted octanol–water partition coefficient (Wildman–Crippen LogP) is 3.82. The van der Waals surface area contributed by atoms with Gasteiger partial charge in [0.05, 0.1) is 20.9 Å². The molecule has 18 heavy (non-hydrogen) atoms. The minimum Gasteiger partial charge on any atom is -0.494 e. The summed E-state index contributed by atoms with van der Waals surface area (Å²) in [5, 5.41) is 11.5. The first kappa shape index (κ1) is 11.5. The molecule has 0 atom stereocenters. The van der Waals surface area contributed by atoms with Crippen molar-refractivity contribution in [1.82, 2.24) is 9.55 Å². The van der Waals surface area contributed by atoms with Gasteiger partial charge < -0.3 is 9.67 Å². The number of aromatic nitrogens is 2. The molecule has 0 fully saturated rings. The summed E-state index contributed by atoms with van der Waals surface area (Å²) in [5.74, 6) is -0.143. The Morgan fingerprint density at radius 3 is 2.94 bits per heavy atom. The Labute approximate surface area is 111 Å². The zero-order chi connectivity index (χ0) is 12.9. The summed E-state index contributed by atoms with van der Waals surface area (Å²) in [6.45, 7) is 2.60. The number of aryl methyl sites for hydroxylation is 1. The van der Waals surface area contributed by atoms with E-state index in [-0.39, 0.29) is 11.7 Å². The molecule has 0 aliphatic rings. The second-order valence-corrected chi connectivity index (χ2v) is 4.89. The molecule has 5 heteroatoms. The lowest BCUT2D eigenvalue weighted by Crippen LogP contribution is -1.88. The molecule has 0 amide bonds. The van der Waals surface area contributed by atoms with Gasteiger partial charge in [-0.1, -0.05) is 0 Å². The molecule has 2 aromatic heterocycles. The van der Waals surface area contributed by atoms with Crippen molar-refractivity contribution in [2.75, 3.05) is 0 Å². The number of hydrogen-bond donors (Lipinski definition) is 1. The highest BCUT2D eigenvalue weighted by atomic mass is 79.9. The van der Waals surface area contributed by atoms with Crippen molar-refractivity contribution < 1.29 is 9.50 Å². The first-order valence-electron chi connectivity index (χ1n) is 5.58. The quantitative estimate of drug-likeness (QED) is 0.742. The SMILES string of the molecule is CCn1cc2nc3c(Br)c(F)ccc3cc2c1O. The van der Waals surface area contributed by atoms with Gasteiger partial charge in [-0.05, 0) is 41.1 Å². The molecule has 92 valence electrons. The van der Waals surface area contributed by atoms with Gasteiger partial charge in [0.1, 0.15) is 5.82 Å². The normalized spacial score (nSPS) is 11.5. The first-order valence-corrected chi connectivity index (χ1v) is 6.37. The van der Waals surface area contributed by atoms with E-state index in [2.05, 4.69) is 20.9 Å². The zero-order valence-electron chi connectivity index (χ0n) is 9.61. The Morgan fingerprint density at radius 1 is 1.44 bits per heavy atom. The van der Waals surface area contributed by atoms with Crippen molar-refractivity contribution in [3.8, 4) is 5.88 Å². The van der Waals surface area contributed by atoms with Gasteiger partial charge in [-0.3, -0.25) is 0 Å². The van der Waals surface area contributed by atoms with E-state index in [1.807, 2.05) is 13.0 Å². The minimum atomic E-state index is -0.339. The van der Waals surface area contributed by atoms with Crippen LogP contribution in [0.4, 0.5) is 4.39 Å². The van der Waals surface area contributed by atoms with E-state index in [0.29, 0.717) is 27.4 Å². The third-order valence-electron chi connectivity index (χ3n) is 3.04. The smallest absolute Gasteiger partial charge is 0.200 e. The van der Waals surface area contributed by atoms with Crippen LogP contribution in [0.15, 0.2) is 28.9 Å². The van der Waals surface area contributed by atoms with Crippen LogP contribution in [0, 0.1) is 5.82 Å². The summed E-state index contributed by atoms with van der Waals surface area (Å²) in [6, 6.07) is 4.86. The van der Waals surface area contributed by atoms with E-state index in [1.54, 1.807) is 16.8 Å². The van der Waals surface area contributed by atoms with Crippen LogP contribution < -0.4 is 0 Å². The van der Waals surface area contributed by atoms with Crippen molar-refractivity contribution in [3.63, 3.8) is 0 Å². The number of rotatable bonds is 1. The van der Waals surface area contributed by atoms with Crippen molar-refractivity contribution in [2.24, 2.45) is 0 Å². The highest BCUT2D eigenvalue weighted by Crippen LogP contribution is 2.32. The van der Waals surface area contributed by atoms with E-state index in [4.69, 9.17) is 0 Å². The highest BCUT2D eigenvalue weighted by molar-refractivity contribution is 9.10. The number of halogens is 2. The maximum atomic E-state index is 13.5. The monoisotopic (exact) mass is 308 g/mol. The van der Waals surface area contributed by atoms with Crippen LogP contribution in [0.1, 0.15) is 6.92 Å². The number of pyridine rings is 1. The molecular formula is C13H10BrFN2O. The molecular weight excluding hydrogens is 299 g/mol. The second kappa shape index (κ2) is 3.95. The number of hydrogen-bond acceptors (Lipinski definition) is 2. The van der Waals surface area contributed by atoms with Gasteiger partial charge in [0.15, 0.2) is 0 Å². The summed E-state index contributed by atoms with van der Waals surface area (Å²) in [7, 11) is 0. The molecule has 0 aliphatic heterocycles. The van der Waals surface area contributed by atoms with Gasteiger partial charge in [0, 0.05) is 18.1 Å². The van der Waals surface area contributed by atoms with Crippen LogP contribution in [-0.2, 0) is 6.54 Å². The van der Waals surface area contributed by atoms with Crippen LogP contribution in [-0.4, -0.2) is 14.7 Å². The molecule has 3 rings (SSSR count). The molecule has 3 nitrogen and oxygen atoms in total. The standard InChI is InChI=1S/C13H10BrFN2O/c1-2-17-6-10-8(13(17)18)5-7-3-4-9(15)11(14)12(7)16-10/h3-6,18H,2H2,1H3. The lowest BCUT2D eigenvalue weighted by Gasteiger charge is -2.01. The molecule has 0 radical (unpaired) electrons. The Hall–Kier alpha value is -1.62. The van der Waals surface area contributed by atoms with Crippen LogP contribution in [0.25, 0.3) is 21.8 Å². The third-order valence-corrected chi connectivity index (χ3v) is 3.79. The number of fused-ring (bicyclic) bond motifs is 2. The molecule has 0 saturated heterocycles. The molecule has 1 N–H and O–H groups in total. The van der Waals surface area contributed by atoms with Gasteiger partial charge in [0.25, 0.3) is 0 Å². The Bertz CT molecular complexity index is 767. The fraction of sp³-hybridized carbons (Fsp3) is 0.154. The number of benzene rings is 1. The maximum absolute atomic E-state index is 13.5. The zero-order valence-corrected chi connectivity index (χ0v) is 11.2. The van der Waals surface area contributed by atoms with Gasteiger partial charge in [0.2, 0.25) is 5.88 Å². The van der Waals surface area contributed by atoms with Crippen LogP contribution in [0.2, 0.25) is 0 Å². The number of aromatic hydroxyl groups is 1. The Balaban J connectivity index is 2.45. The lowest BCUT2D eigenvalue weighted by molar-refractivity contribution is 0.427. The summed E-state index contributed by atoms with van der Waals surface area (Å²) in [6.07, 6.45) is 1.77. The van der Waals surface area contributed by atoms with E-state index in [9.17, 15) is 9.50 Å². The topological polar surface area (TPSA) is 38.0 Å². The lowest BCUT2D eigenvalue weighted by atomic mass is 10.2. The molecule has 2 heterocycles. The van der Waals surface area contributed by atoms with Crippen LogP contribution >= 0.6 is 15.9 Å². The van der Waals surface area contributed by atoms with Crippen molar-refractivity contribution in [2.45, 2.75) is 13.5 Å². The van der Waals surface area contributed by atoms with Gasteiger partial charge in [-0.2, -0.15) is 0 Å². The highest BCUT2D eigenvalue weighted by Gasteiger charge is 2.12. The van der Waals surface area contributed by atoms with E-state index in [1.165, 1.54) is 6.07 Å². The largest absolute Gasteiger partial charge is 0.494 e. The fourth-order valence-corrected chi connectivity index (χ4v) is 2.53. The van der Waals surface area contributed by atoms with Gasteiger partial charge in [-0.25, -0.2) is 9.37 Å². The van der Waals surface area contributed by atoms with Gasteiger partial charge >= 0.3 is 0 Å². The molecule has 0 aliphatic carbocycles. The van der Waals surface area contributed by atoms with Crippen LogP contribution in [0.5, 0.6) is 5.88 Å². The van der Waals surface area contributed by atoms with E-state index >= 15 is 0 Å². The fourth-order valence-electron chi connectivity index (χ4n) is 2.08. The van der Waals surface area contributed by atoms with E-state index < -0.39 is 0 Å². The molecule has 1 aromatic carbocycles. The molecule has 0 spiro atoms. The average Bonchev–Trinajstić information content (AvgIpc) is 2.69. The van der Waals surface area contributed by atoms with Crippen molar-refractivity contribution in [1.29, 1.82) is 0 Å². The Kier molecular flexibility index (Phi) is 2.52. The summed E-state index contributed by atoms with van der Waals surface area (Å²) in [5.41, 5.74) is 1.23. The number of nitrogens with zero attached hydrogens (tertiary/aromatic N) is 2. The van der Waals surface area contributed by atoms with Gasteiger partial charge in [-0.15, -0.1) is 0 Å². The molecule has 0 saturated carbocycles. The third kappa shape index (κ3) is 1.50. The summed E-state index contributed by atoms with van der Waals surface area (Å²) in [4.78, 5) is 4.40. The molecule has 0 bridgehead atoms. The maximum Gasteiger partial charge on any atom is 0.200 e. The second-order valence-electron chi connectivity index (χ2n) is 4.09. The average molecular weight is 309 g/mol. The van der Waals surface area contributed by atoms with Crippen LogP contribution in [0.3, 0.4) is 0 Å². The van der Waals surface area contributed by atoms with Crippen molar-refractivity contribution in [3.05, 3.63) is 34.7 Å². The molecule has 0 unspecified atom stereocenters. The first-order chi connectivity index (χ1) is 8.61. The Morgan fingerprint density at radius 2 is 2.22 bits per heavy atom. The summed E-state index contributed by atoms with van der Waals surface area (Å²) >= 11 is 3.20.